The highest BCUT2D eigenvalue weighted by Gasteiger charge is 1.99. The highest BCUT2D eigenvalue weighted by atomic mass is 79.9. The summed E-state index contributed by atoms with van der Waals surface area (Å²) in [6.07, 6.45) is 1.34. The Kier molecular flexibility index (Phi) is 3.57. The Morgan fingerprint density at radius 3 is 2.45 bits per heavy atom. The fourth-order valence-corrected chi connectivity index (χ4v) is 1.15. The van der Waals surface area contributed by atoms with Crippen LogP contribution in [0.3, 0.4) is 0 Å². The molecule has 0 aliphatic rings. The van der Waals surface area contributed by atoms with Crippen molar-refractivity contribution in [2.45, 2.75) is 17.9 Å². The number of rotatable bonds is 3. The van der Waals surface area contributed by atoms with Crippen LogP contribution >= 0.6 is 15.9 Å². The molecule has 1 aromatic carbocycles. The third kappa shape index (κ3) is 3.51. The lowest BCUT2D eigenvalue weighted by Gasteiger charge is -1.99. The van der Waals surface area contributed by atoms with E-state index in [0.29, 0.717) is 6.42 Å². The van der Waals surface area contributed by atoms with Gasteiger partial charge in [-0.1, -0.05) is 46.3 Å². The smallest absolute Gasteiger partial charge is 0.155 e. The largest absolute Gasteiger partial charge is 0.235 e. The molecule has 1 aromatic rings. The van der Waals surface area contributed by atoms with Gasteiger partial charge < -0.3 is 0 Å². The molecule has 0 aliphatic heterocycles. The SMILES string of the molecule is F[C@@H](Br)CCc1ccccc1. The molecule has 0 aromatic heterocycles. The summed E-state index contributed by atoms with van der Waals surface area (Å²) in [4.78, 5) is 0. The normalized spacial score (nSPS) is 12.9. The van der Waals surface area contributed by atoms with Crippen molar-refractivity contribution in [1.29, 1.82) is 0 Å². The molecule has 2 heteroatoms. The van der Waals surface area contributed by atoms with E-state index in [0.717, 1.165) is 6.42 Å². The second-order valence-electron chi connectivity index (χ2n) is 2.42. The molecule has 0 N–H and O–H groups in total. The van der Waals surface area contributed by atoms with E-state index in [1.807, 2.05) is 30.3 Å². The van der Waals surface area contributed by atoms with E-state index in [1.165, 1.54) is 5.56 Å². The number of halogens is 2. The fourth-order valence-electron chi connectivity index (χ4n) is 0.920. The van der Waals surface area contributed by atoms with Crippen LogP contribution in [0.5, 0.6) is 0 Å². The minimum absolute atomic E-state index is 0.546. The van der Waals surface area contributed by atoms with Crippen LogP contribution in [0.1, 0.15) is 12.0 Å². The van der Waals surface area contributed by atoms with Crippen LogP contribution in [0.4, 0.5) is 4.39 Å². The Hall–Kier alpha value is -0.370. The summed E-state index contributed by atoms with van der Waals surface area (Å²) in [5, 5.41) is -0.872. The summed E-state index contributed by atoms with van der Waals surface area (Å²) in [6.45, 7) is 0. The van der Waals surface area contributed by atoms with Crippen molar-refractivity contribution >= 4 is 15.9 Å². The summed E-state index contributed by atoms with van der Waals surface area (Å²) >= 11 is 2.87. The molecule has 0 amide bonds. The molecule has 0 unspecified atom stereocenters. The van der Waals surface area contributed by atoms with Crippen molar-refractivity contribution in [3.63, 3.8) is 0 Å². The van der Waals surface area contributed by atoms with E-state index in [-0.39, 0.29) is 0 Å². The van der Waals surface area contributed by atoms with E-state index >= 15 is 0 Å². The molecule has 1 atom stereocenters. The molecule has 0 nitrogen and oxygen atoms in total. The number of hydrogen-bond acceptors (Lipinski definition) is 0. The van der Waals surface area contributed by atoms with E-state index in [4.69, 9.17) is 0 Å². The van der Waals surface area contributed by atoms with Crippen molar-refractivity contribution in [3.05, 3.63) is 35.9 Å². The summed E-state index contributed by atoms with van der Waals surface area (Å²) in [6, 6.07) is 9.92. The molecule has 0 aliphatic carbocycles. The van der Waals surface area contributed by atoms with Gasteiger partial charge in [0.1, 0.15) is 0 Å². The van der Waals surface area contributed by atoms with E-state index in [2.05, 4.69) is 15.9 Å². The van der Waals surface area contributed by atoms with Crippen LogP contribution in [0, 0.1) is 0 Å². The third-order valence-electron chi connectivity index (χ3n) is 1.49. The Bertz CT molecular complexity index is 196. The van der Waals surface area contributed by atoms with Crippen LogP contribution in [0.2, 0.25) is 0 Å². The van der Waals surface area contributed by atoms with Crippen molar-refractivity contribution in [2.24, 2.45) is 0 Å². The first kappa shape index (κ1) is 8.72. The number of hydrogen-bond donors (Lipinski definition) is 0. The number of benzene rings is 1. The molecule has 0 fully saturated rings. The quantitative estimate of drug-likeness (QED) is 0.681. The Morgan fingerprint density at radius 1 is 1.27 bits per heavy atom. The lowest BCUT2D eigenvalue weighted by molar-refractivity contribution is 0.438. The predicted molar refractivity (Wildman–Crippen MR) is 48.6 cm³/mol. The summed E-state index contributed by atoms with van der Waals surface area (Å²) in [5.41, 5.74) is 1.19. The highest BCUT2D eigenvalue weighted by Crippen LogP contribution is 2.11. The zero-order chi connectivity index (χ0) is 8.10. The number of aryl methyl sites for hydroxylation is 1. The fraction of sp³-hybridized carbons (Fsp3) is 0.333. The summed E-state index contributed by atoms with van der Waals surface area (Å²) < 4.78 is 12.3. The first-order valence-electron chi connectivity index (χ1n) is 3.61. The standard InChI is InChI=1S/C9H10BrF/c10-9(11)7-6-8-4-2-1-3-5-8/h1-5,9H,6-7H2/t9-/m1/s1. The first-order valence-corrected chi connectivity index (χ1v) is 4.52. The Balaban J connectivity index is 2.39. The van der Waals surface area contributed by atoms with E-state index < -0.39 is 5.08 Å². The van der Waals surface area contributed by atoms with Gasteiger partial charge in [0.2, 0.25) is 0 Å². The highest BCUT2D eigenvalue weighted by molar-refractivity contribution is 9.09. The first-order chi connectivity index (χ1) is 5.29. The molecular weight excluding hydrogens is 207 g/mol. The Morgan fingerprint density at radius 2 is 1.91 bits per heavy atom. The van der Waals surface area contributed by atoms with Gasteiger partial charge in [0, 0.05) is 0 Å². The van der Waals surface area contributed by atoms with E-state index in [9.17, 15) is 4.39 Å². The van der Waals surface area contributed by atoms with Gasteiger partial charge in [-0.3, -0.25) is 0 Å². The van der Waals surface area contributed by atoms with Crippen molar-refractivity contribution in [2.75, 3.05) is 0 Å². The lowest BCUT2D eigenvalue weighted by Crippen LogP contribution is -1.91. The van der Waals surface area contributed by atoms with Gasteiger partial charge >= 0.3 is 0 Å². The average molecular weight is 217 g/mol. The van der Waals surface area contributed by atoms with Crippen LogP contribution in [0.15, 0.2) is 30.3 Å². The maximum Gasteiger partial charge on any atom is 0.155 e. The van der Waals surface area contributed by atoms with Gasteiger partial charge in [0.05, 0.1) is 0 Å². The molecule has 1 rings (SSSR count). The predicted octanol–water partition coefficient (Wildman–Crippen LogP) is 3.31. The number of alkyl halides is 2. The summed E-state index contributed by atoms with van der Waals surface area (Å²) in [5.74, 6) is 0. The monoisotopic (exact) mass is 216 g/mol. The zero-order valence-electron chi connectivity index (χ0n) is 6.13. The van der Waals surface area contributed by atoms with Gasteiger partial charge in [-0.05, 0) is 18.4 Å². The van der Waals surface area contributed by atoms with Gasteiger partial charge in [-0.25, -0.2) is 4.39 Å². The average Bonchev–Trinajstić information content (AvgIpc) is 2.03. The van der Waals surface area contributed by atoms with Crippen LogP contribution in [-0.4, -0.2) is 5.08 Å². The maximum absolute atomic E-state index is 12.3. The van der Waals surface area contributed by atoms with Crippen LogP contribution in [-0.2, 0) is 6.42 Å². The molecule has 0 bridgehead atoms. The van der Waals surface area contributed by atoms with Gasteiger partial charge in [0.15, 0.2) is 5.08 Å². The lowest BCUT2D eigenvalue weighted by atomic mass is 10.1. The molecule has 60 valence electrons. The van der Waals surface area contributed by atoms with Crippen LogP contribution < -0.4 is 0 Å². The molecule has 11 heavy (non-hydrogen) atoms. The third-order valence-corrected chi connectivity index (χ3v) is 1.95. The van der Waals surface area contributed by atoms with Crippen molar-refractivity contribution < 1.29 is 4.39 Å². The molecule has 0 saturated carbocycles. The second-order valence-corrected chi connectivity index (χ2v) is 3.41. The van der Waals surface area contributed by atoms with Gasteiger partial charge in [0.25, 0.3) is 0 Å². The molecule has 0 heterocycles. The molecule has 0 spiro atoms. The van der Waals surface area contributed by atoms with Crippen molar-refractivity contribution in [1.82, 2.24) is 0 Å². The molecular formula is C9H10BrF. The summed E-state index contributed by atoms with van der Waals surface area (Å²) in [7, 11) is 0. The minimum Gasteiger partial charge on any atom is -0.235 e. The topological polar surface area (TPSA) is 0 Å². The van der Waals surface area contributed by atoms with Crippen LogP contribution in [0.25, 0.3) is 0 Å². The van der Waals surface area contributed by atoms with E-state index in [1.54, 1.807) is 0 Å². The maximum atomic E-state index is 12.3. The minimum atomic E-state index is -0.872. The molecule has 0 saturated heterocycles. The van der Waals surface area contributed by atoms with Gasteiger partial charge in [-0.15, -0.1) is 0 Å². The second kappa shape index (κ2) is 4.50. The zero-order valence-corrected chi connectivity index (χ0v) is 7.72. The van der Waals surface area contributed by atoms with Gasteiger partial charge in [-0.2, -0.15) is 0 Å². The Labute approximate surface area is 74.6 Å². The molecule has 0 radical (unpaired) electrons. The van der Waals surface area contributed by atoms with Crippen molar-refractivity contribution in [3.8, 4) is 0 Å².